The van der Waals surface area contributed by atoms with Gasteiger partial charge in [-0.3, -0.25) is 4.90 Å². The molecular weight excluding hydrogens is 519 g/mol. The normalized spacial score (nSPS) is 15.8. The average Bonchev–Trinajstić information content (AvgIpc) is 2.99. The van der Waals surface area contributed by atoms with Gasteiger partial charge in [-0.1, -0.05) is 120 Å². The summed E-state index contributed by atoms with van der Waals surface area (Å²) in [4.78, 5) is 2.73. The lowest BCUT2D eigenvalue weighted by atomic mass is 9.74. The van der Waals surface area contributed by atoms with Crippen LogP contribution in [-0.2, 0) is 5.54 Å². The van der Waals surface area contributed by atoms with Gasteiger partial charge >= 0.3 is 0 Å². The second kappa shape index (κ2) is 13.2. The van der Waals surface area contributed by atoms with Gasteiger partial charge in [0.25, 0.3) is 0 Å². The van der Waals surface area contributed by atoms with E-state index in [0.29, 0.717) is 21.9 Å². The molecule has 4 aromatic rings. The van der Waals surface area contributed by atoms with E-state index in [0.717, 1.165) is 26.1 Å². The van der Waals surface area contributed by atoms with Crippen LogP contribution in [0, 0.1) is 5.92 Å². The summed E-state index contributed by atoms with van der Waals surface area (Å²) < 4.78 is 0. The lowest BCUT2D eigenvalue weighted by molar-refractivity contribution is 0.0979. The second-order valence-electron chi connectivity index (χ2n) is 10.7. The Labute approximate surface area is 244 Å². The molecule has 1 heterocycles. The molecule has 4 heteroatoms. The van der Waals surface area contributed by atoms with E-state index in [1.807, 2.05) is 19.2 Å². The fourth-order valence-electron chi connectivity index (χ4n) is 6.48. The highest BCUT2D eigenvalue weighted by molar-refractivity contribution is 6.42. The predicted molar refractivity (Wildman–Crippen MR) is 166 cm³/mol. The maximum atomic E-state index is 6.36. The Morgan fingerprint density at radius 3 is 1.72 bits per heavy atom. The van der Waals surface area contributed by atoms with Crippen molar-refractivity contribution in [2.24, 2.45) is 5.92 Å². The van der Waals surface area contributed by atoms with E-state index in [9.17, 15) is 0 Å². The molecule has 0 radical (unpaired) electrons. The van der Waals surface area contributed by atoms with Crippen LogP contribution in [0.25, 0.3) is 0 Å². The molecule has 1 N–H and O–H groups in total. The minimum absolute atomic E-state index is 0.316. The largest absolute Gasteiger partial charge is 0.319 e. The Balaban J connectivity index is 1.38. The molecule has 1 saturated heterocycles. The van der Waals surface area contributed by atoms with E-state index in [-0.39, 0.29) is 5.54 Å². The fraction of sp³-hybridized carbons (Fsp3) is 0.314. The van der Waals surface area contributed by atoms with E-state index in [4.69, 9.17) is 23.2 Å². The third-order valence-electron chi connectivity index (χ3n) is 8.45. The molecule has 4 aromatic carbocycles. The van der Waals surface area contributed by atoms with Gasteiger partial charge in [-0.05, 0) is 92.0 Å². The molecule has 1 fully saturated rings. The topological polar surface area (TPSA) is 15.3 Å². The van der Waals surface area contributed by atoms with Crippen molar-refractivity contribution in [1.29, 1.82) is 0 Å². The number of hydrogen-bond acceptors (Lipinski definition) is 2. The molecule has 1 aliphatic rings. The minimum Gasteiger partial charge on any atom is -0.319 e. The summed E-state index contributed by atoms with van der Waals surface area (Å²) in [5.74, 6) is 1.14. The van der Waals surface area contributed by atoms with Crippen molar-refractivity contribution in [3.05, 3.63) is 141 Å². The highest BCUT2D eigenvalue weighted by Gasteiger charge is 2.43. The first-order chi connectivity index (χ1) is 19.1. The number of rotatable bonds is 10. The third-order valence-corrected chi connectivity index (χ3v) is 9.19. The van der Waals surface area contributed by atoms with Gasteiger partial charge in [0.15, 0.2) is 0 Å². The van der Waals surface area contributed by atoms with Gasteiger partial charge < -0.3 is 5.32 Å². The molecule has 39 heavy (non-hydrogen) atoms. The van der Waals surface area contributed by atoms with Crippen LogP contribution in [-0.4, -0.2) is 31.6 Å². The maximum Gasteiger partial charge on any atom is 0.0972 e. The number of halogens is 2. The molecule has 1 aliphatic heterocycles. The van der Waals surface area contributed by atoms with Crippen molar-refractivity contribution >= 4 is 23.2 Å². The zero-order valence-corrected chi connectivity index (χ0v) is 24.2. The molecule has 0 spiro atoms. The number of hydrogen-bond donors (Lipinski definition) is 1. The number of nitrogens with zero attached hydrogens (tertiary/aromatic N) is 1. The molecule has 0 aromatic heterocycles. The summed E-state index contributed by atoms with van der Waals surface area (Å²) in [6.45, 7) is 3.07. The van der Waals surface area contributed by atoms with Gasteiger partial charge in [-0.2, -0.15) is 0 Å². The van der Waals surface area contributed by atoms with E-state index < -0.39 is 0 Å². The summed E-state index contributed by atoms with van der Waals surface area (Å²) in [6, 6.07) is 39.3. The molecule has 2 nitrogen and oxygen atoms in total. The monoisotopic (exact) mass is 556 g/mol. The van der Waals surface area contributed by atoms with Crippen LogP contribution in [0.4, 0.5) is 0 Å². The summed E-state index contributed by atoms with van der Waals surface area (Å²) in [6.07, 6.45) is 4.75. The second-order valence-corrected chi connectivity index (χ2v) is 11.6. The SMILES string of the molecule is CNCC(CCC1CCN(C(c2ccccc2)(c2ccccc2)c2ccccc2)CC1)c1ccc(Cl)c(Cl)c1. The lowest BCUT2D eigenvalue weighted by Crippen LogP contribution is -2.51. The van der Waals surface area contributed by atoms with Gasteiger partial charge in [0.2, 0.25) is 0 Å². The van der Waals surface area contributed by atoms with E-state index in [2.05, 4.69) is 107 Å². The summed E-state index contributed by atoms with van der Waals surface area (Å²) in [7, 11) is 2.03. The van der Waals surface area contributed by atoms with Crippen LogP contribution < -0.4 is 5.32 Å². The van der Waals surface area contributed by atoms with Gasteiger partial charge in [0.1, 0.15) is 0 Å². The highest BCUT2D eigenvalue weighted by Crippen LogP contribution is 2.44. The first kappa shape index (κ1) is 27.9. The van der Waals surface area contributed by atoms with Gasteiger partial charge in [-0.15, -0.1) is 0 Å². The lowest BCUT2D eigenvalue weighted by Gasteiger charge is -2.48. The molecule has 0 aliphatic carbocycles. The van der Waals surface area contributed by atoms with Crippen molar-refractivity contribution in [2.75, 3.05) is 26.7 Å². The molecule has 0 bridgehead atoms. The van der Waals surface area contributed by atoms with Crippen molar-refractivity contribution < 1.29 is 0 Å². The van der Waals surface area contributed by atoms with Crippen LogP contribution >= 0.6 is 23.2 Å². The smallest absolute Gasteiger partial charge is 0.0972 e. The zero-order valence-electron chi connectivity index (χ0n) is 22.7. The fourth-order valence-corrected chi connectivity index (χ4v) is 6.79. The van der Waals surface area contributed by atoms with Crippen LogP contribution in [0.3, 0.4) is 0 Å². The van der Waals surface area contributed by atoms with E-state index in [1.165, 1.54) is 41.5 Å². The standard InChI is InChI=1S/C35H38Cl2N2/c1-38-26-29(28-19-20-33(36)34(37)25-28)18-17-27-21-23-39(24-22-27)35(30-11-5-2-6-12-30,31-13-7-3-8-14-31)32-15-9-4-10-16-32/h2-16,19-20,25,27,29,38H,17-18,21-24,26H2,1H3. The van der Waals surface area contributed by atoms with Crippen molar-refractivity contribution in [1.82, 2.24) is 10.2 Å². The average molecular weight is 558 g/mol. The number of benzene rings is 4. The third kappa shape index (κ3) is 6.10. The van der Waals surface area contributed by atoms with Crippen LogP contribution in [0.5, 0.6) is 0 Å². The van der Waals surface area contributed by atoms with Crippen LogP contribution in [0.15, 0.2) is 109 Å². The predicted octanol–water partition coefficient (Wildman–Crippen LogP) is 8.78. The highest BCUT2D eigenvalue weighted by atomic mass is 35.5. The molecule has 5 rings (SSSR count). The molecule has 1 atom stereocenters. The quantitative estimate of drug-likeness (QED) is 0.196. The number of likely N-dealkylation sites (tertiary alicyclic amines) is 1. The Morgan fingerprint density at radius 2 is 1.26 bits per heavy atom. The first-order valence-electron chi connectivity index (χ1n) is 14.1. The Bertz CT molecular complexity index is 1210. The number of piperidine rings is 1. The van der Waals surface area contributed by atoms with Crippen molar-refractivity contribution in [3.8, 4) is 0 Å². The van der Waals surface area contributed by atoms with Gasteiger partial charge in [-0.25, -0.2) is 0 Å². The molecular formula is C35H38Cl2N2. The van der Waals surface area contributed by atoms with Gasteiger partial charge in [0.05, 0.1) is 15.6 Å². The van der Waals surface area contributed by atoms with Crippen LogP contribution in [0.1, 0.15) is 53.9 Å². The van der Waals surface area contributed by atoms with E-state index in [1.54, 1.807) is 0 Å². The van der Waals surface area contributed by atoms with Crippen molar-refractivity contribution in [2.45, 2.75) is 37.1 Å². The molecule has 1 unspecified atom stereocenters. The Hall–Kier alpha value is -2.62. The first-order valence-corrected chi connectivity index (χ1v) is 14.9. The maximum absolute atomic E-state index is 6.36. The molecule has 202 valence electrons. The van der Waals surface area contributed by atoms with Crippen LogP contribution in [0.2, 0.25) is 10.0 Å². The summed E-state index contributed by atoms with van der Waals surface area (Å²) in [5, 5.41) is 4.65. The van der Waals surface area contributed by atoms with Crippen molar-refractivity contribution in [3.63, 3.8) is 0 Å². The molecule has 0 saturated carbocycles. The Kier molecular flexibility index (Phi) is 9.42. The number of likely N-dealkylation sites (N-methyl/N-ethyl adjacent to an activating group) is 1. The summed E-state index contributed by atoms with van der Waals surface area (Å²) >= 11 is 12.6. The minimum atomic E-state index is -0.316. The summed E-state index contributed by atoms with van der Waals surface area (Å²) in [5.41, 5.74) is 4.94. The Morgan fingerprint density at radius 1 is 0.744 bits per heavy atom. The zero-order chi connectivity index (χ0) is 27.1. The van der Waals surface area contributed by atoms with E-state index >= 15 is 0 Å². The molecule has 0 amide bonds. The number of nitrogens with one attached hydrogen (secondary N) is 1. The van der Waals surface area contributed by atoms with Gasteiger partial charge in [0, 0.05) is 6.54 Å².